The van der Waals surface area contributed by atoms with Gasteiger partial charge in [-0.05, 0) is 35.9 Å². The Kier molecular flexibility index (Phi) is 5.12. The topological polar surface area (TPSA) is 12.0 Å². The molecule has 2 aromatic carbocycles. The van der Waals surface area contributed by atoms with E-state index in [1.54, 1.807) is 6.07 Å². The first-order chi connectivity index (χ1) is 9.11. The molecule has 100 valence electrons. The van der Waals surface area contributed by atoms with Crippen molar-refractivity contribution in [3.8, 4) is 11.1 Å². The fourth-order valence-corrected chi connectivity index (χ4v) is 2.45. The van der Waals surface area contributed by atoms with Crippen molar-refractivity contribution in [2.75, 3.05) is 6.54 Å². The van der Waals surface area contributed by atoms with Gasteiger partial charge in [0, 0.05) is 17.1 Å². The molecule has 0 fully saturated rings. The van der Waals surface area contributed by atoms with Gasteiger partial charge in [-0.1, -0.05) is 59.9 Å². The molecule has 2 rings (SSSR count). The first-order valence-electron chi connectivity index (χ1n) is 6.06. The molecule has 0 atom stereocenters. The van der Waals surface area contributed by atoms with Gasteiger partial charge in [-0.15, -0.1) is 0 Å². The Balaban J connectivity index is 2.32. The summed E-state index contributed by atoms with van der Waals surface area (Å²) in [5.74, 6) is 0. The second-order valence-corrected chi connectivity index (χ2v) is 5.45. The molecule has 0 amide bonds. The minimum atomic E-state index is 0.534. The van der Waals surface area contributed by atoms with Crippen LogP contribution in [0.1, 0.15) is 12.5 Å². The van der Waals surface area contributed by atoms with Crippen LogP contribution in [0.15, 0.2) is 36.4 Å². The van der Waals surface area contributed by atoms with Crippen molar-refractivity contribution in [1.29, 1.82) is 0 Å². The SMILES string of the molecule is CCNCc1ccc(-c2ccc(Cl)c(Cl)c2)c(Cl)c1. The number of hydrogen-bond donors (Lipinski definition) is 1. The van der Waals surface area contributed by atoms with Crippen LogP contribution in [0, 0.1) is 0 Å². The number of hydrogen-bond acceptors (Lipinski definition) is 1. The molecule has 1 nitrogen and oxygen atoms in total. The van der Waals surface area contributed by atoms with Gasteiger partial charge in [0.05, 0.1) is 10.0 Å². The van der Waals surface area contributed by atoms with E-state index in [4.69, 9.17) is 34.8 Å². The zero-order valence-corrected chi connectivity index (χ0v) is 12.8. The van der Waals surface area contributed by atoms with Gasteiger partial charge in [-0.25, -0.2) is 0 Å². The quantitative estimate of drug-likeness (QED) is 0.794. The molecule has 0 aliphatic carbocycles. The van der Waals surface area contributed by atoms with Gasteiger partial charge < -0.3 is 5.32 Å². The smallest absolute Gasteiger partial charge is 0.0598 e. The molecule has 4 heteroatoms. The minimum Gasteiger partial charge on any atom is -0.313 e. The summed E-state index contributed by atoms with van der Waals surface area (Å²) < 4.78 is 0. The first kappa shape index (κ1) is 14.7. The maximum Gasteiger partial charge on any atom is 0.0598 e. The molecule has 19 heavy (non-hydrogen) atoms. The normalized spacial score (nSPS) is 10.7. The van der Waals surface area contributed by atoms with Crippen LogP contribution in [0.25, 0.3) is 11.1 Å². The molecule has 0 heterocycles. The molecule has 0 aliphatic heterocycles. The molecule has 0 aromatic heterocycles. The van der Waals surface area contributed by atoms with E-state index in [-0.39, 0.29) is 0 Å². The largest absolute Gasteiger partial charge is 0.313 e. The summed E-state index contributed by atoms with van der Waals surface area (Å²) in [4.78, 5) is 0. The summed E-state index contributed by atoms with van der Waals surface area (Å²) in [5, 5.41) is 5.07. The maximum atomic E-state index is 6.33. The van der Waals surface area contributed by atoms with Gasteiger partial charge in [0.15, 0.2) is 0 Å². The van der Waals surface area contributed by atoms with Crippen molar-refractivity contribution in [3.63, 3.8) is 0 Å². The Morgan fingerprint density at radius 2 is 1.68 bits per heavy atom. The van der Waals surface area contributed by atoms with E-state index >= 15 is 0 Å². The lowest BCUT2D eigenvalue weighted by Crippen LogP contribution is -2.11. The summed E-state index contributed by atoms with van der Waals surface area (Å²) in [6.07, 6.45) is 0. The van der Waals surface area contributed by atoms with Crippen molar-refractivity contribution in [1.82, 2.24) is 5.32 Å². The fourth-order valence-electron chi connectivity index (χ4n) is 1.84. The number of halogens is 3. The monoisotopic (exact) mass is 313 g/mol. The Hall–Kier alpha value is -0.730. The lowest BCUT2D eigenvalue weighted by atomic mass is 10.0. The van der Waals surface area contributed by atoms with Crippen LogP contribution >= 0.6 is 34.8 Å². The van der Waals surface area contributed by atoms with Gasteiger partial charge in [-0.3, -0.25) is 0 Å². The van der Waals surface area contributed by atoms with Crippen LogP contribution in [-0.4, -0.2) is 6.54 Å². The summed E-state index contributed by atoms with van der Waals surface area (Å²) in [5.41, 5.74) is 3.09. The van der Waals surface area contributed by atoms with E-state index in [1.807, 2.05) is 24.3 Å². The Bertz CT molecular complexity index is 582. The fraction of sp³-hybridized carbons (Fsp3) is 0.200. The highest BCUT2D eigenvalue weighted by Gasteiger charge is 2.07. The highest BCUT2D eigenvalue weighted by molar-refractivity contribution is 6.42. The molecule has 0 unspecified atom stereocenters. The number of nitrogens with one attached hydrogen (secondary N) is 1. The van der Waals surface area contributed by atoms with Crippen LogP contribution in [0.4, 0.5) is 0 Å². The molecule has 2 aromatic rings. The Morgan fingerprint density at radius 3 is 2.32 bits per heavy atom. The van der Waals surface area contributed by atoms with Crippen molar-refractivity contribution in [3.05, 3.63) is 57.0 Å². The van der Waals surface area contributed by atoms with Crippen LogP contribution in [-0.2, 0) is 6.54 Å². The molecule has 0 saturated heterocycles. The molecule has 0 bridgehead atoms. The van der Waals surface area contributed by atoms with Crippen LogP contribution in [0.3, 0.4) is 0 Å². The first-order valence-corrected chi connectivity index (χ1v) is 7.19. The zero-order valence-electron chi connectivity index (χ0n) is 10.5. The van der Waals surface area contributed by atoms with Crippen molar-refractivity contribution in [2.45, 2.75) is 13.5 Å². The van der Waals surface area contributed by atoms with E-state index in [2.05, 4.69) is 18.3 Å². The van der Waals surface area contributed by atoms with E-state index < -0.39 is 0 Å². The molecule has 0 spiro atoms. The van der Waals surface area contributed by atoms with Crippen molar-refractivity contribution < 1.29 is 0 Å². The predicted molar refractivity (Wildman–Crippen MR) is 84.3 cm³/mol. The molecule has 0 radical (unpaired) electrons. The second-order valence-electron chi connectivity index (χ2n) is 4.22. The third-order valence-electron chi connectivity index (χ3n) is 2.84. The van der Waals surface area contributed by atoms with Gasteiger partial charge in [0.2, 0.25) is 0 Å². The lowest BCUT2D eigenvalue weighted by molar-refractivity contribution is 0.727. The molecule has 0 aliphatic rings. The minimum absolute atomic E-state index is 0.534. The highest BCUT2D eigenvalue weighted by atomic mass is 35.5. The Labute approximate surface area is 128 Å². The molecular formula is C15H14Cl3N. The third kappa shape index (κ3) is 3.64. The van der Waals surface area contributed by atoms with E-state index in [0.717, 1.165) is 29.8 Å². The van der Waals surface area contributed by atoms with Crippen molar-refractivity contribution >= 4 is 34.8 Å². The average Bonchev–Trinajstić information content (AvgIpc) is 2.40. The van der Waals surface area contributed by atoms with E-state index in [9.17, 15) is 0 Å². The predicted octanol–water partition coefficient (Wildman–Crippen LogP) is 5.42. The maximum absolute atomic E-state index is 6.33. The van der Waals surface area contributed by atoms with Crippen molar-refractivity contribution in [2.24, 2.45) is 0 Å². The van der Waals surface area contributed by atoms with E-state index in [1.165, 1.54) is 0 Å². The van der Waals surface area contributed by atoms with E-state index in [0.29, 0.717) is 15.1 Å². The average molecular weight is 315 g/mol. The summed E-state index contributed by atoms with van der Waals surface area (Å²) >= 11 is 18.3. The standard InChI is InChI=1S/C15H14Cl3N/c1-2-19-9-10-3-5-12(14(17)7-10)11-4-6-13(16)15(18)8-11/h3-8,19H,2,9H2,1H3. The lowest BCUT2D eigenvalue weighted by Gasteiger charge is -2.09. The third-order valence-corrected chi connectivity index (χ3v) is 3.89. The number of benzene rings is 2. The van der Waals surface area contributed by atoms with Gasteiger partial charge in [0.25, 0.3) is 0 Å². The summed E-state index contributed by atoms with van der Waals surface area (Å²) in [6.45, 7) is 3.83. The Morgan fingerprint density at radius 1 is 0.895 bits per heavy atom. The van der Waals surface area contributed by atoms with Crippen LogP contribution < -0.4 is 5.32 Å². The number of rotatable bonds is 4. The molecule has 1 N–H and O–H groups in total. The van der Waals surface area contributed by atoms with Gasteiger partial charge >= 0.3 is 0 Å². The van der Waals surface area contributed by atoms with Crippen LogP contribution in [0.2, 0.25) is 15.1 Å². The van der Waals surface area contributed by atoms with Gasteiger partial charge in [0.1, 0.15) is 0 Å². The summed E-state index contributed by atoms with van der Waals surface area (Å²) in [7, 11) is 0. The molecule has 0 saturated carbocycles. The molecular weight excluding hydrogens is 301 g/mol. The summed E-state index contributed by atoms with van der Waals surface area (Å²) in [6, 6.07) is 11.6. The van der Waals surface area contributed by atoms with Gasteiger partial charge in [-0.2, -0.15) is 0 Å². The zero-order chi connectivity index (χ0) is 13.8. The highest BCUT2D eigenvalue weighted by Crippen LogP contribution is 2.33. The second kappa shape index (κ2) is 6.62. The van der Waals surface area contributed by atoms with Crippen LogP contribution in [0.5, 0.6) is 0 Å².